The molecule has 0 amide bonds. The van der Waals surface area contributed by atoms with Gasteiger partial charge in [-0.1, -0.05) is 41.9 Å². The summed E-state index contributed by atoms with van der Waals surface area (Å²) in [5, 5.41) is 15.7. The standard InChI is InChI=1S/C11H8BrClN4/c12-10(14)7-8(13)9(16-17-11(7)15)6-4-2-1-3-5-6/h1-5,14H,(H2,15,17). The quantitative estimate of drug-likeness (QED) is 0.837. The van der Waals surface area contributed by atoms with Crippen LogP contribution in [0.1, 0.15) is 5.56 Å². The van der Waals surface area contributed by atoms with E-state index in [1.807, 2.05) is 30.3 Å². The van der Waals surface area contributed by atoms with Gasteiger partial charge in [-0.05, 0) is 15.9 Å². The number of nitrogens with one attached hydrogen (secondary N) is 1. The maximum absolute atomic E-state index is 7.56. The molecule has 0 aliphatic heterocycles. The summed E-state index contributed by atoms with van der Waals surface area (Å²) in [6, 6.07) is 9.39. The molecule has 0 atom stereocenters. The maximum Gasteiger partial charge on any atom is 0.157 e. The lowest BCUT2D eigenvalue weighted by atomic mass is 10.1. The van der Waals surface area contributed by atoms with Gasteiger partial charge in [0.1, 0.15) is 10.3 Å². The number of anilines is 1. The molecule has 0 bridgehead atoms. The van der Waals surface area contributed by atoms with Crippen LogP contribution in [0.15, 0.2) is 30.3 Å². The molecule has 0 saturated heterocycles. The van der Waals surface area contributed by atoms with Gasteiger partial charge in [-0.25, -0.2) is 0 Å². The third kappa shape index (κ3) is 2.30. The summed E-state index contributed by atoms with van der Waals surface area (Å²) < 4.78 is 0.0899. The number of nitrogens with two attached hydrogens (primary N) is 1. The number of nitrogen functional groups attached to an aromatic ring is 1. The smallest absolute Gasteiger partial charge is 0.157 e. The molecule has 2 rings (SSSR count). The van der Waals surface area contributed by atoms with E-state index in [2.05, 4.69) is 26.1 Å². The van der Waals surface area contributed by atoms with Crippen LogP contribution in [0, 0.1) is 5.41 Å². The SMILES string of the molecule is N=C(Br)c1c(N)nnc(-c2ccccc2)c1Cl. The Hall–Kier alpha value is -1.46. The minimum atomic E-state index is 0.0899. The van der Waals surface area contributed by atoms with Crippen molar-refractivity contribution in [2.24, 2.45) is 0 Å². The lowest BCUT2D eigenvalue weighted by Crippen LogP contribution is -2.05. The van der Waals surface area contributed by atoms with Crippen LogP contribution in [-0.4, -0.2) is 14.8 Å². The molecule has 0 unspecified atom stereocenters. The highest BCUT2D eigenvalue weighted by molar-refractivity contribution is 9.18. The summed E-state index contributed by atoms with van der Waals surface area (Å²) in [7, 11) is 0. The van der Waals surface area contributed by atoms with Crippen LogP contribution >= 0.6 is 27.5 Å². The average molecular weight is 312 g/mol. The largest absolute Gasteiger partial charge is 0.382 e. The zero-order valence-corrected chi connectivity index (χ0v) is 11.0. The van der Waals surface area contributed by atoms with Crippen molar-refractivity contribution in [1.82, 2.24) is 10.2 Å². The number of nitrogens with zero attached hydrogens (tertiary/aromatic N) is 2. The number of halogens is 2. The minimum Gasteiger partial charge on any atom is -0.382 e. The number of hydrogen-bond acceptors (Lipinski definition) is 4. The summed E-state index contributed by atoms with van der Waals surface area (Å²) >= 11 is 9.23. The van der Waals surface area contributed by atoms with Crippen molar-refractivity contribution in [2.75, 3.05) is 5.73 Å². The van der Waals surface area contributed by atoms with Gasteiger partial charge in [0.05, 0.1) is 10.6 Å². The number of aromatic nitrogens is 2. The number of rotatable bonds is 2. The first kappa shape index (κ1) is 12.0. The fourth-order valence-electron chi connectivity index (χ4n) is 1.42. The first-order valence-electron chi connectivity index (χ1n) is 4.72. The zero-order chi connectivity index (χ0) is 12.4. The van der Waals surface area contributed by atoms with Crippen molar-refractivity contribution in [2.45, 2.75) is 0 Å². The van der Waals surface area contributed by atoms with Crippen molar-refractivity contribution in [3.63, 3.8) is 0 Å². The number of benzene rings is 1. The Morgan fingerprint density at radius 3 is 2.47 bits per heavy atom. The van der Waals surface area contributed by atoms with E-state index in [-0.39, 0.29) is 10.4 Å². The van der Waals surface area contributed by atoms with Crippen molar-refractivity contribution < 1.29 is 0 Å². The van der Waals surface area contributed by atoms with Gasteiger partial charge in [-0.15, -0.1) is 10.2 Å². The lowest BCUT2D eigenvalue weighted by Gasteiger charge is -2.08. The molecule has 1 aromatic heterocycles. The molecule has 0 saturated carbocycles. The average Bonchev–Trinajstić information content (AvgIpc) is 2.30. The summed E-state index contributed by atoms with van der Waals surface area (Å²) in [6.45, 7) is 0. The van der Waals surface area contributed by atoms with Gasteiger partial charge >= 0.3 is 0 Å². The second kappa shape index (κ2) is 4.81. The topological polar surface area (TPSA) is 75.7 Å². The van der Waals surface area contributed by atoms with Crippen LogP contribution < -0.4 is 5.73 Å². The van der Waals surface area contributed by atoms with Crippen LogP contribution in [-0.2, 0) is 0 Å². The first-order chi connectivity index (χ1) is 8.11. The fraction of sp³-hybridized carbons (Fsp3) is 0. The van der Waals surface area contributed by atoms with E-state index in [1.165, 1.54) is 0 Å². The number of hydrogen-bond donors (Lipinski definition) is 2. The van der Waals surface area contributed by atoms with Crippen LogP contribution in [0.5, 0.6) is 0 Å². The first-order valence-corrected chi connectivity index (χ1v) is 5.90. The van der Waals surface area contributed by atoms with E-state index >= 15 is 0 Å². The molecule has 1 aromatic carbocycles. The Bertz CT molecular complexity index is 571. The molecular weight excluding hydrogens is 304 g/mol. The third-order valence-electron chi connectivity index (χ3n) is 2.21. The predicted octanol–water partition coefficient (Wildman–Crippen LogP) is 3.10. The summed E-state index contributed by atoms with van der Waals surface area (Å²) in [4.78, 5) is 0. The van der Waals surface area contributed by atoms with Crippen molar-refractivity contribution in [3.8, 4) is 11.3 Å². The Morgan fingerprint density at radius 2 is 1.88 bits per heavy atom. The van der Waals surface area contributed by atoms with Crippen molar-refractivity contribution in [3.05, 3.63) is 40.9 Å². The van der Waals surface area contributed by atoms with E-state index in [0.29, 0.717) is 16.3 Å². The molecule has 0 radical (unpaired) electrons. The normalized spacial score (nSPS) is 10.2. The van der Waals surface area contributed by atoms with Gasteiger partial charge in [0.15, 0.2) is 5.82 Å². The highest BCUT2D eigenvalue weighted by atomic mass is 79.9. The van der Waals surface area contributed by atoms with E-state index < -0.39 is 0 Å². The van der Waals surface area contributed by atoms with Gasteiger partial charge < -0.3 is 5.73 Å². The molecule has 2 aromatic rings. The molecule has 0 spiro atoms. The Labute approximate surface area is 111 Å². The Kier molecular flexibility index (Phi) is 3.40. The molecule has 3 N–H and O–H groups in total. The molecule has 6 heteroatoms. The molecule has 17 heavy (non-hydrogen) atoms. The van der Waals surface area contributed by atoms with Crippen LogP contribution in [0.2, 0.25) is 5.02 Å². The van der Waals surface area contributed by atoms with Gasteiger partial charge in [0, 0.05) is 5.56 Å². The highest BCUT2D eigenvalue weighted by Gasteiger charge is 2.16. The summed E-state index contributed by atoms with van der Waals surface area (Å²) in [6.07, 6.45) is 0. The molecule has 0 aliphatic carbocycles. The van der Waals surface area contributed by atoms with Gasteiger partial charge in [0.2, 0.25) is 0 Å². The van der Waals surface area contributed by atoms with Gasteiger partial charge in [-0.2, -0.15) is 0 Å². The van der Waals surface area contributed by atoms with Crippen LogP contribution in [0.4, 0.5) is 5.82 Å². The van der Waals surface area contributed by atoms with Gasteiger partial charge in [0.25, 0.3) is 0 Å². The summed E-state index contributed by atoms with van der Waals surface area (Å²) in [5.41, 5.74) is 7.35. The Balaban J connectivity index is 2.66. The second-order valence-electron chi connectivity index (χ2n) is 3.30. The molecular formula is C11H8BrClN4. The van der Waals surface area contributed by atoms with Crippen LogP contribution in [0.25, 0.3) is 11.3 Å². The zero-order valence-electron chi connectivity index (χ0n) is 8.61. The fourth-order valence-corrected chi connectivity index (χ4v) is 2.27. The maximum atomic E-state index is 7.56. The Morgan fingerprint density at radius 1 is 1.24 bits per heavy atom. The van der Waals surface area contributed by atoms with Gasteiger partial charge in [-0.3, -0.25) is 5.41 Å². The highest BCUT2D eigenvalue weighted by Crippen LogP contribution is 2.31. The monoisotopic (exact) mass is 310 g/mol. The van der Waals surface area contributed by atoms with Crippen molar-refractivity contribution in [1.29, 1.82) is 5.41 Å². The molecule has 0 aliphatic rings. The third-order valence-corrected chi connectivity index (χ3v) is 2.97. The minimum absolute atomic E-state index is 0.0899. The molecule has 4 nitrogen and oxygen atoms in total. The van der Waals surface area contributed by atoms with Crippen molar-refractivity contribution >= 4 is 38.0 Å². The molecule has 1 heterocycles. The summed E-state index contributed by atoms with van der Waals surface area (Å²) in [5.74, 6) is 0.136. The van der Waals surface area contributed by atoms with Crippen LogP contribution in [0.3, 0.4) is 0 Å². The predicted molar refractivity (Wildman–Crippen MR) is 72.6 cm³/mol. The lowest BCUT2D eigenvalue weighted by molar-refractivity contribution is 1.05. The molecule has 0 fully saturated rings. The second-order valence-corrected chi connectivity index (χ2v) is 4.47. The van der Waals surface area contributed by atoms with E-state index in [9.17, 15) is 0 Å². The van der Waals surface area contributed by atoms with E-state index in [0.717, 1.165) is 5.56 Å². The van der Waals surface area contributed by atoms with E-state index in [1.54, 1.807) is 0 Å². The molecule has 86 valence electrons. The van der Waals surface area contributed by atoms with E-state index in [4.69, 9.17) is 22.7 Å².